The molecule has 0 spiro atoms. The molecule has 4 rings (SSSR count). The smallest absolute Gasteiger partial charge is 0.140 e. The highest BCUT2D eigenvalue weighted by molar-refractivity contribution is 5.89. The van der Waals surface area contributed by atoms with Crippen molar-refractivity contribution < 1.29 is 4.74 Å². The zero-order chi connectivity index (χ0) is 14.8. The number of rotatable bonds is 3. The first-order valence-corrected chi connectivity index (χ1v) is 7.44. The third kappa shape index (κ3) is 2.53. The molecule has 1 aliphatic rings. The van der Waals surface area contributed by atoms with E-state index in [0.29, 0.717) is 6.61 Å². The van der Waals surface area contributed by atoms with Crippen LogP contribution in [-0.2, 0) is 11.3 Å². The molecule has 6 nitrogen and oxygen atoms in total. The first-order valence-electron chi connectivity index (χ1n) is 7.44. The van der Waals surface area contributed by atoms with E-state index in [1.807, 2.05) is 35.1 Å². The molecule has 0 saturated carbocycles. The molecule has 3 heterocycles. The molecule has 0 amide bonds. The Balaban J connectivity index is 1.58. The van der Waals surface area contributed by atoms with E-state index >= 15 is 0 Å². The van der Waals surface area contributed by atoms with E-state index in [9.17, 15) is 0 Å². The first kappa shape index (κ1) is 13.2. The quantitative estimate of drug-likeness (QED) is 0.736. The van der Waals surface area contributed by atoms with Crippen molar-refractivity contribution in [1.82, 2.24) is 19.7 Å². The molecule has 112 valence electrons. The molecule has 0 unspecified atom stereocenters. The Morgan fingerprint density at radius 2 is 2.14 bits per heavy atom. The topological polar surface area (TPSA) is 56.1 Å². The monoisotopic (exact) mass is 295 g/mol. The minimum atomic E-state index is 0.113. The van der Waals surface area contributed by atoms with Crippen molar-refractivity contribution in [2.24, 2.45) is 0 Å². The van der Waals surface area contributed by atoms with Crippen molar-refractivity contribution in [3.63, 3.8) is 0 Å². The lowest BCUT2D eigenvalue weighted by atomic mass is 10.2. The fourth-order valence-electron chi connectivity index (χ4n) is 2.88. The second-order valence-electron chi connectivity index (χ2n) is 5.38. The van der Waals surface area contributed by atoms with Crippen molar-refractivity contribution in [1.29, 1.82) is 0 Å². The van der Waals surface area contributed by atoms with E-state index in [-0.39, 0.29) is 6.10 Å². The van der Waals surface area contributed by atoms with Gasteiger partial charge in [-0.25, -0.2) is 9.97 Å². The maximum absolute atomic E-state index is 5.87. The predicted molar refractivity (Wildman–Crippen MR) is 83.7 cm³/mol. The van der Waals surface area contributed by atoms with Gasteiger partial charge in [-0.05, 0) is 18.2 Å². The molecule has 0 N–H and O–H groups in total. The fraction of sp³-hybridized carbons (Fsp3) is 0.312. The second-order valence-corrected chi connectivity index (χ2v) is 5.38. The number of benzene rings is 1. The van der Waals surface area contributed by atoms with Gasteiger partial charge < -0.3 is 9.64 Å². The summed E-state index contributed by atoms with van der Waals surface area (Å²) in [4.78, 5) is 11.1. The number of morpholine rings is 1. The Hall–Kier alpha value is -2.47. The molecule has 2 aromatic heterocycles. The van der Waals surface area contributed by atoms with Gasteiger partial charge in [0.15, 0.2) is 0 Å². The lowest BCUT2D eigenvalue weighted by molar-refractivity contribution is 0.0273. The number of para-hydroxylation sites is 1. The number of ether oxygens (including phenoxy) is 1. The summed E-state index contributed by atoms with van der Waals surface area (Å²) in [6, 6.07) is 10.0. The first-order chi connectivity index (χ1) is 10.9. The van der Waals surface area contributed by atoms with Gasteiger partial charge in [0, 0.05) is 30.9 Å². The van der Waals surface area contributed by atoms with Crippen molar-refractivity contribution in [3.8, 4) is 0 Å². The lowest BCUT2D eigenvalue weighted by Gasteiger charge is -2.34. The summed E-state index contributed by atoms with van der Waals surface area (Å²) in [5.74, 6) is 0.986. The van der Waals surface area contributed by atoms with Gasteiger partial charge in [-0.2, -0.15) is 5.10 Å². The molecule has 1 aliphatic heterocycles. The number of nitrogens with zero attached hydrogens (tertiary/aromatic N) is 5. The van der Waals surface area contributed by atoms with E-state index in [4.69, 9.17) is 4.74 Å². The average Bonchev–Trinajstić information content (AvgIpc) is 3.07. The molecule has 1 atom stereocenters. The van der Waals surface area contributed by atoms with Crippen LogP contribution < -0.4 is 4.90 Å². The van der Waals surface area contributed by atoms with Crippen LogP contribution in [0.4, 0.5) is 5.82 Å². The highest BCUT2D eigenvalue weighted by Crippen LogP contribution is 2.24. The van der Waals surface area contributed by atoms with Crippen LogP contribution in [0.1, 0.15) is 0 Å². The number of fused-ring (bicyclic) bond motifs is 1. The normalized spacial score (nSPS) is 18.7. The summed E-state index contributed by atoms with van der Waals surface area (Å²) >= 11 is 0. The zero-order valence-corrected chi connectivity index (χ0v) is 12.2. The highest BCUT2D eigenvalue weighted by atomic mass is 16.5. The fourth-order valence-corrected chi connectivity index (χ4v) is 2.88. The van der Waals surface area contributed by atoms with Gasteiger partial charge in [-0.3, -0.25) is 4.68 Å². The molecule has 0 radical (unpaired) electrons. The molecule has 0 bridgehead atoms. The van der Waals surface area contributed by atoms with Crippen molar-refractivity contribution >= 4 is 16.7 Å². The van der Waals surface area contributed by atoms with Crippen molar-refractivity contribution in [2.75, 3.05) is 24.6 Å². The molecular weight excluding hydrogens is 278 g/mol. The van der Waals surface area contributed by atoms with Gasteiger partial charge in [0.1, 0.15) is 12.1 Å². The lowest BCUT2D eigenvalue weighted by Crippen LogP contribution is -2.44. The third-order valence-corrected chi connectivity index (χ3v) is 3.91. The van der Waals surface area contributed by atoms with Gasteiger partial charge in [-0.1, -0.05) is 12.1 Å². The van der Waals surface area contributed by atoms with Crippen LogP contribution in [0, 0.1) is 0 Å². The Morgan fingerprint density at radius 1 is 1.18 bits per heavy atom. The Kier molecular flexibility index (Phi) is 3.44. The average molecular weight is 295 g/mol. The van der Waals surface area contributed by atoms with Gasteiger partial charge in [0.05, 0.1) is 24.8 Å². The summed E-state index contributed by atoms with van der Waals surface area (Å²) in [7, 11) is 0. The molecule has 1 saturated heterocycles. The van der Waals surface area contributed by atoms with Gasteiger partial charge in [0.2, 0.25) is 0 Å². The number of anilines is 1. The van der Waals surface area contributed by atoms with E-state index < -0.39 is 0 Å². The maximum Gasteiger partial charge on any atom is 0.140 e. The summed E-state index contributed by atoms with van der Waals surface area (Å²) in [5.41, 5.74) is 0.975. The van der Waals surface area contributed by atoms with Crippen LogP contribution in [0.5, 0.6) is 0 Å². The van der Waals surface area contributed by atoms with Crippen LogP contribution >= 0.6 is 0 Å². The molecule has 0 aliphatic carbocycles. The Morgan fingerprint density at radius 3 is 3.05 bits per heavy atom. The summed E-state index contributed by atoms with van der Waals surface area (Å²) < 4.78 is 7.78. The summed E-state index contributed by atoms with van der Waals surface area (Å²) in [5, 5.41) is 5.34. The molecule has 22 heavy (non-hydrogen) atoms. The maximum atomic E-state index is 5.87. The van der Waals surface area contributed by atoms with Gasteiger partial charge in [0.25, 0.3) is 0 Å². The molecule has 6 heteroatoms. The zero-order valence-electron chi connectivity index (χ0n) is 12.2. The van der Waals surface area contributed by atoms with E-state index in [0.717, 1.165) is 36.4 Å². The molecule has 1 fully saturated rings. The summed E-state index contributed by atoms with van der Waals surface area (Å²) in [6.07, 6.45) is 5.50. The Labute approximate surface area is 128 Å². The van der Waals surface area contributed by atoms with E-state index in [2.05, 4.69) is 26.0 Å². The van der Waals surface area contributed by atoms with Crippen LogP contribution in [0.25, 0.3) is 10.9 Å². The van der Waals surface area contributed by atoms with E-state index in [1.54, 1.807) is 12.5 Å². The summed E-state index contributed by atoms with van der Waals surface area (Å²) in [6.45, 7) is 3.11. The number of hydrogen-bond acceptors (Lipinski definition) is 5. The SMILES string of the molecule is c1ccc2c(N3CCO[C@@H](Cn4cccn4)C3)ncnc2c1. The Bertz CT molecular complexity index is 753. The predicted octanol–water partition coefficient (Wildman–Crippen LogP) is 1.73. The number of aromatic nitrogens is 4. The van der Waals surface area contributed by atoms with Crippen molar-refractivity contribution in [2.45, 2.75) is 12.6 Å². The number of hydrogen-bond donors (Lipinski definition) is 0. The van der Waals surface area contributed by atoms with Crippen LogP contribution in [0.3, 0.4) is 0 Å². The van der Waals surface area contributed by atoms with Crippen LogP contribution in [0.2, 0.25) is 0 Å². The van der Waals surface area contributed by atoms with Crippen molar-refractivity contribution in [3.05, 3.63) is 49.1 Å². The highest BCUT2D eigenvalue weighted by Gasteiger charge is 2.23. The third-order valence-electron chi connectivity index (χ3n) is 3.91. The largest absolute Gasteiger partial charge is 0.373 e. The minimum Gasteiger partial charge on any atom is -0.373 e. The standard InChI is InChI=1S/C16H17N5O/c1-2-5-15-14(4-1)16(18-12-17-15)20-8-9-22-13(10-20)11-21-7-3-6-19-21/h1-7,12-13H,8-11H2/t13-/m1/s1. The van der Waals surface area contributed by atoms with E-state index in [1.165, 1.54) is 0 Å². The minimum absolute atomic E-state index is 0.113. The molecule has 3 aromatic rings. The van der Waals surface area contributed by atoms with Gasteiger partial charge in [-0.15, -0.1) is 0 Å². The molecular formula is C16H17N5O. The van der Waals surface area contributed by atoms with Gasteiger partial charge >= 0.3 is 0 Å². The second kappa shape index (κ2) is 5.73. The van der Waals surface area contributed by atoms with Crippen LogP contribution in [0.15, 0.2) is 49.1 Å². The van der Waals surface area contributed by atoms with Crippen LogP contribution in [-0.4, -0.2) is 45.5 Å². The molecule has 1 aromatic carbocycles.